The Kier molecular flexibility index (Phi) is 7.40. The van der Waals surface area contributed by atoms with Gasteiger partial charge in [0.1, 0.15) is 34.5 Å². The molecule has 1 fully saturated rings. The molecular formula is C29H28F3N7OS. The molecule has 0 atom stereocenters. The number of rotatable bonds is 8. The van der Waals surface area contributed by atoms with Gasteiger partial charge in [-0.1, -0.05) is 6.08 Å². The maximum absolute atomic E-state index is 12.9. The standard InChI is InChI=1S/C29H28F3N7OS/c1-40-26-11-25-19(9-22(13-33)39(25)15-18-2-5-34-14-18)8-20(26)16-38-6-3-21(4-7-38)37-27-24-10-23(12-29(30,31)32)41-28(24)36-17-35-27/h2,8-11,14,17,21H,3-7,12,15-16H2,1H3,(H,35,36,37). The van der Waals surface area contributed by atoms with Crippen molar-refractivity contribution in [3.8, 4) is 11.8 Å². The molecule has 2 aliphatic heterocycles. The van der Waals surface area contributed by atoms with Crippen molar-refractivity contribution >= 4 is 44.5 Å². The van der Waals surface area contributed by atoms with Crippen LogP contribution in [0.25, 0.3) is 21.1 Å². The van der Waals surface area contributed by atoms with Gasteiger partial charge in [-0.05, 0) is 36.6 Å². The number of aliphatic imine (C=N–C) groups is 1. The van der Waals surface area contributed by atoms with E-state index in [2.05, 4.69) is 43.4 Å². The number of nitrogens with one attached hydrogen (secondary N) is 1. The number of ether oxygens (including phenoxy) is 1. The molecule has 12 heteroatoms. The van der Waals surface area contributed by atoms with E-state index in [9.17, 15) is 18.4 Å². The highest BCUT2D eigenvalue weighted by Gasteiger charge is 2.29. The van der Waals surface area contributed by atoms with Gasteiger partial charge >= 0.3 is 6.18 Å². The number of alkyl halides is 3. The summed E-state index contributed by atoms with van der Waals surface area (Å²) < 4.78 is 46.5. The van der Waals surface area contributed by atoms with Gasteiger partial charge in [-0.15, -0.1) is 11.3 Å². The lowest BCUT2D eigenvalue weighted by molar-refractivity contribution is -0.126. The van der Waals surface area contributed by atoms with Gasteiger partial charge < -0.3 is 14.6 Å². The summed E-state index contributed by atoms with van der Waals surface area (Å²) in [6, 6.07) is 10.1. The number of nitriles is 1. The maximum atomic E-state index is 12.9. The average Bonchev–Trinajstić information content (AvgIpc) is 3.68. The van der Waals surface area contributed by atoms with E-state index in [1.165, 1.54) is 6.33 Å². The Bertz CT molecular complexity index is 1690. The summed E-state index contributed by atoms with van der Waals surface area (Å²) in [4.78, 5) is 15.9. The Hall–Kier alpha value is -3.95. The predicted octanol–water partition coefficient (Wildman–Crippen LogP) is 5.72. The predicted molar refractivity (Wildman–Crippen MR) is 154 cm³/mol. The first-order valence-corrected chi connectivity index (χ1v) is 14.2. The largest absolute Gasteiger partial charge is 0.496 e. The van der Waals surface area contributed by atoms with Crippen LogP contribution in [0.5, 0.6) is 5.75 Å². The number of benzene rings is 1. The third-order valence-electron chi connectivity index (χ3n) is 7.55. The van der Waals surface area contributed by atoms with Crippen LogP contribution in [0, 0.1) is 11.3 Å². The van der Waals surface area contributed by atoms with Gasteiger partial charge in [-0.3, -0.25) is 9.89 Å². The van der Waals surface area contributed by atoms with Crippen molar-refractivity contribution in [3.63, 3.8) is 0 Å². The van der Waals surface area contributed by atoms with E-state index in [1.807, 2.05) is 22.9 Å². The van der Waals surface area contributed by atoms with E-state index in [-0.39, 0.29) is 10.9 Å². The van der Waals surface area contributed by atoms with Crippen molar-refractivity contribution in [1.29, 1.82) is 5.26 Å². The fourth-order valence-corrected chi connectivity index (χ4v) is 6.60. The molecule has 4 aromatic rings. The van der Waals surface area contributed by atoms with E-state index in [0.717, 1.165) is 65.1 Å². The number of halogens is 3. The molecule has 3 aromatic heterocycles. The molecule has 0 bridgehead atoms. The van der Waals surface area contributed by atoms with Crippen LogP contribution in [-0.2, 0) is 19.5 Å². The molecule has 2 aliphatic rings. The van der Waals surface area contributed by atoms with Crippen LogP contribution in [0.3, 0.4) is 0 Å². The highest BCUT2D eigenvalue weighted by Crippen LogP contribution is 2.34. The van der Waals surface area contributed by atoms with Crippen LogP contribution in [0.1, 0.15) is 29.0 Å². The lowest BCUT2D eigenvalue weighted by Gasteiger charge is -2.33. The van der Waals surface area contributed by atoms with Gasteiger partial charge in [-0.25, -0.2) is 9.97 Å². The number of likely N-dealkylation sites (tertiary alicyclic amines) is 1. The Morgan fingerprint density at radius 1 is 1.15 bits per heavy atom. The molecule has 212 valence electrons. The Morgan fingerprint density at radius 3 is 2.68 bits per heavy atom. The van der Waals surface area contributed by atoms with Crippen LogP contribution in [0.4, 0.5) is 19.0 Å². The summed E-state index contributed by atoms with van der Waals surface area (Å²) in [6.07, 6.45) is 1.83. The molecule has 41 heavy (non-hydrogen) atoms. The number of fused-ring (bicyclic) bond motifs is 2. The molecular weight excluding hydrogens is 551 g/mol. The number of allylic oxidation sites excluding steroid dienone is 1. The third kappa shape index (κ3) is 5.92. The maximum Gasteiger partial charge on any atom is 0.393 e. The molecule has 1 saturated heterocycles. The van der Waals surface area contributed by atoms with Gasteiger partial charge in [0.2, 0.25) is 0 Å². The zero-order chi connectivity index (χ0) is 28.6. The van der Waals surface area contributed by atoms with E-state index in [0.29, 0.717) is 41.4 Å². The molecule has 5 heterocycles. The molecule has 0 spiro atoms. The number of nitrogens with zero attached hydrogens (tertiary/aromatic N) is 6. The topological polar surface area (TPSA) is 91.4 Å². The van der Waals surface area contributed by atoms with Crippen molar-refractivity contribution < 1.29 is 17.9 Å². The minimum absolute atomic E-state index is 0.153. The second kappa shape index (κ2) is 11.1. The first-order valence-electron chi connectivity index (χ1n) is 13.4. The normalized spacial score (nSPS) is 16.4. The molecule has 0 saturated carbocycles. The van der Waals surface area contributed by atoms with Crippen molar-refractivity contribution in [1.82, 2.24) is 19.4 Å². The number of thiophene rings is 1. The van der Waals surface area contributed by atoms with Gasteiger partial charge in [0, 0.05) is 53.8 Å². The van der Waals surface area contributed by atoms with Gasteiger partial charge in [0.25, 0.3) is 0 Å². The number of methoxy groups -OCH3 is 1. The number of piperidine rings is 1. The summed E-state index contributed by atoms with van der Waals surface area (Å²) in [5.74, 6) is 1.37. The fraction of sp³-hybridized carbons (Fsp3) is 0.379. The Labute approximate surface area is 238 Å². The van der Waals surface area contributed by atoms with Crippen LogP contribution in [0.15, 0.2) is 47.2 Å². The molecule has 0 radical (unpaired) electrons. The van der Waals surface area contributed by atoms with Crippen molar-refractivity contribution in [2.24, 2.45) is 4.99 Å². The summed E-state index contributed by atoms with van der Waals surface area (Å²) >= 11 is 1.06. The number of anilines is 1. The second-order valence-electron chi connectivity index (χ2n) is 10.4. The molecule has 8 nitrogen and oxygen atoms in total. The third-order valence-corrected chi connectivity index (χ3v) is 8.60. The van der Waals surface area contributed by atoms with Crippen LogP contribution >= 0.6 is 11.3 Å². The van der Waals surface area contributed by atoms with Gasteiger partial charge in [0.15, 0.2) is 0 Å². The summed E-state index contributed by atoms with van der Waals surface area (Å²) in [5, 5.41) is 14.8. The minimum Gasteiger partial charge on any atom is -0.496 e. The fourth-order valence-electron chi connectivity index (χ4n) is 5.57. The van der Waals surface area contributed by atoms with E-state index in [4.69, 9.17) is 4.74 Å². The van der Waals surface area contributed by atoms with Crippen molar-refractivity contribution in [2.45, 2.75) is 44.6 Å². The molecule has 1 N–H and O–H groups in total. The monoisotopic (exact) mass is 579 g/mol. The van der Waals surface area contributed by atoms with Gasteiger partial charge in [-0.2, -0.15) is 18.4 Å². The highest BCUT2D eigenvalue weighted by molar-refractivity contribution is 7.18. The Morgan fingerprint density at radius 2 is 1.98 bits per heavy atom. The quantitative estimate of drug-likeness (QED) is 0.287. The number of aromatic nitrogens is 3. The SMILES string of the molecule is COc1cc2c(cc1CN1CCC(Nc3ncnc4sc(CC(F)(F)F)cc34)CC1)cc(C#N)n2CC1=CCN=C1. The van der Waals surface area contributed by atoms with Crippen molar-refractivity contribution in [3.05, 3.63) is 58.4 Å². The summed E-state index contributed by atoms with van der Waals surface area (Å²) in [6.45, 7) is 3.66. The minimum atomic E-state index is -4.26. The first kappa shape index (κ1) is 27.2. The lowest BCUT2D eigenvalue weighted by Crippen LogP contribution is -2.38. The summed E-state index contributed by atoms with van der Waals surface area (Å²) in [7, 11) is 1.67. The lowest BCUT2D eigenvalue weighted by atomic mass is 10.0. The Balaban J connectivity index is 1.13. The second-order valence-corrected chi connectivity index (χ2v) is 11.5. The van der Waals surface area contributed by atoms with Crippen LogP contribution in [0.2, 0.25) is 0 Å². The van der Waals surface area contributed by atoms with Crippen molar-refractivity contribution in [2.75, 3.05) is 32.1 Å². The molecule has 0 aliphatic carbocycles. The zero-order valence-corrected chi connectivity index (χ0v) is 23.2. The first-order chi connectivity index (χ1) is 19.8. The molecule has 6 rings (SSSR count). The molecule has 1 aromatic carbocycles. The zero-order valence-electron chi connectivity index (χ0n) is 22.4. The molecule has 0 unspecified atom stereocenters. The highest BCUT2D eigenvalue weighted by atomic mass is 32.1. The number of hydrogen-bond donors (Lipinski definition) is 1. The smallest absolute Gasteiger partial charge is 0.393 e. The average molecular weight is 580 g/mol. The molecule has 0 amide bonds. The van der Waals surface area contributed by atoms with E-state index >= 15 is 0 Å². The number of hydrogen-bond acceptors (Lipinski definition) is 8. The van der Waals surface area contributed by atoms with Gasteiger partial charge in [0.05, 0.1) is 37.5 Å². The van der Waals surface area contributed by atoms with E-state index < -0.39 is 12.6 Å². The summed E-state index contributed by atoms with van der Waals surface area (Å²) in [5.41, 5.74) is 3.70. The van der Waals surface area contributed by atoms with Crippen LogP contribution < -0.4 is 10.1 Å². The van der Waals surface area contributed by atoms with Crippen LogP contribution in [-0.4, -0.2) is 64.6 Å². The van der Waals surface area contributed by atoms with E-state index in [1.54, 1.807) is 13.2 Å².